The van der Waals surface area contributed by atoms with Crippen molar-refractivity contribution in [1.82, 2.24) is 15.5 Å². The lowest BCUT2D eigenvalue weighted by Crippen LogP contribution is -2.41. The third-order valence-electron chi connectivity index (χ3n) is 4.34. The smallest absolute Gasteiger partial charge is 0.191 e. The summed E-state index contributed by atoms with van der Waals surface area (Å²) in [4.78, 5) is 7.25. The molecule has 1 aliphatic heterocycles. The van der Waals surface area contributed by atoms with Gasteiger partial charge in [-0.2, -0.15) is 0 Å². The molecule has 1 heterocycles. The summed E-state index contributed by atoms with van der Waals surface area (Å²) in [5.41, 5.74) is 1.23. The summed E-state index contributed by atoms with van der Waals surface area (Å²) in [5, 5.41) is 7.57. The van der Waals surface area contributed by atoms with Crippen molar-refractivity contribution in [3.05, 3.63) is 34.9 Å². The maximum Gasteiger partial charge on any atom is 0.191 e. The van der Waals surface area contributed by atoms with Gasteiger partial charge in [0.1, 0.15) is 0 Å². The van der Waals surface area contributed by atoms with E-state index in [2.05, 4.69) is 48.4 Å². The lowest BCUT2D eigenvalue weighted by Gasteiger charge is -2.31. The summed E-state index contributed by atoms with van der Waals surface area (Å²) in [6.07, 6.45) is 2.41. The number of likely N-dealkylation sites (tertiary alicyclic amines) is 1. The van der Waals surface area contributed by atoms with Crippen molar-refractivity contribution in [3.8, 4) is 0 Å². The van der Waals surface area contributed by atoms with Crippen LogP contribution < -0.4 is 10.6 Å². The van der Waals surface area contributed by atoms with E-state index < -0.39 is 0 Å². The molecule has 1 aromatic carbocycles. The van der Waals surface area contributed by atoms with E-state index in [0.717, 1.165) is 43.7 Å². The van der Waals surface area contributed by atoms with Crippen LogP contribution in [0.15, 0.2) is 29.3 Å². The molecule has 24 heavy (non-hydrogen) atoms. The molecule has 1 aromatic rings. The van der Waals surface area contributed by atoms with E-state index in [1.165, 1.54) is 18.4 Å². The number of hydrogen-bond donors (Lipinski definition) is 2. The highest BCUT2D eigenvalue weighted by Crippen LogP contribution is 2.22. The summed E-state index contributed by atoms with van der Waals surface area (Å²) in [5.74, 6) is 1.61. The zero-order valence-corrected chi connectivity index (χ0v) is 15.9. The molecule has 0 bridgehead atoms. The number of nitrogens with zero attached hydrogens (tertiary/aromatic N) is 2. The van der Waals surface area contributed by atoms with E-state index >= 15 is 0 Å². The molecule has 2 rings (SSSR count). The van der Waals surface area contributed by atoms with Crippen LogP contribution in [0.3, 0.4) is 0 Å². The summed E-state index contributed by atoms with van der Waals surface area (Å²) in [6, 6.07) is 8.55. The first kappa shape index (κ1) is 19.1. The number of guanidine groups is 1. The first-order valence-electron chi connectivity index (χ1n) is 9.09. The second-order valence-electron chi connectivity index (χ2n) is 6.83. The maximum absolute atomic E-state index is 6.27. The fourth-order valence-electron chi connectivity index (χ4n) is 3.01. The normalized spacial score (nSPS) is 17.3. The van der Waals surface area contributed by atoms with Gasteiger partial charge in [0, 0.05) is 30.7 Å². The molecule has 0 aliphatic carbocycles. The summed E-state index contributed by atoms with van der Waals surface area (Å²) in [7, 11) is 0. The summed E-state index contributed by atoms with van der Waals surface area (Å²) >= 11 is 6.27. The Morgan fingerprint density at radius 1 is 1.29 bits per heavy atom. The lowest BCUT2D eigenvalue weighted by atomic mass is 9.96. The molecule has 2 N–H and O–H groups in total. The molecule has 5 heteroatoms. The average Bonchev–Trinajstić information content (AvgIpc) is 2.56. The van der Waals surface area contributed by atoms with Crippen molar-refractivity contribution in [3.63, 3.8) is 0 Å². The first-order chi connectivity index (χ1) is 11.6. The molecule has 0 unspecified atom stereocenters. The Morgan fingerprint density at radius 3 is 2.62 bits per heavy atom. The molecule has 1 saturated heterocycles. The SMILES string of the molecule is CCNC(=NCC1CCN(Cc2ccccc2Cl)CC1)NC(C)C. The number of halogens is 1. The van der Waals surface area contributed by atoms with Crippen molar-refractivity contribution in [2.45, 2.75) is 46.2 Å². The van der Waals surface area contributed by atoms with Gasteiger partial charge in [-0.1, -0.05) is 29.8 Å². The van der Waals surface area contributed by atoms with Crippen LogP contribution >= 0.6 is 11.6 Å². The third-order valence-corrected chi connectivity index (χ3v) is 4.70. The van der Waals surface area contributed by atoms with E-state index in [1.807, 2.05) is 12.1 Å². The fraction of sp³-hybridized carbons (Fsp3) is 0.632. The monoisotopic (exact) mass is 350 g/mol. The highest BCUT2D eigenvalue weighted by molar-refractivity contribution is 6.31. The largest absolute Gasteiger partial charge is 0.357 e. The van der Waals surface area contributed by atoms with Crippen LogP contribution in [0.2, 0.25) is 5.02 Å². The number of piperidine rings is 1. The van der Waals surface area contributed by atoms with Crippen LogP contribution in [0.4, 0.5) is 0 Å². The Hall–Kier alpha value is -1.26. The highest BCUT2D eigenvalue weighted by atomic mass is 35.5. The number of nitrogens with one attached hydrogen (secondary N) is 2. The van der Waals surface area contributed by atoms with Gasteiger partial charge < -0.3 is 10.6 Å². The number of hydrogen-bond acceptors (Lipinski definition) is 2. The Labute approximate surface area is 151 Å². The van der Waals surface area contributed by atoms with Crippen LogP contribution in [0, 0.1) is 5.92 Å². The van der Waals surface area contributed by atoms with Crippen molar-refractivity contribution < 1.29 is 0 Å². The molecule has 1 aliphatic rings. The van der Waals surface area contributed by atoms with Crippen LogP contribution in [-0.2, 0) is 6.54 Å². The topological polar surface area (TPSA) is 39.7 Å². The Bertz CT molecular complexity index is 522. The van der Waals surface area contributed by atoms with Gasteiger partial charge in [-0.15, -0.1) is 0 Å². The van der Waals surface area contributed by atoms with Gasteiger partial charge >= 0.3 is 0 Å². The zero-order valence-electron chi connectivity index (χ0n) is 15.2. The van der Waals surface area contributed by atoms with Crippen LogP contribution in [0.25, 0.3) is 0 Å². The molecule has 1 fully saturated rings. The summed E-state index contributed by atoms with van der Waals surface area (Å²) in [6.45, 7) is 11.4. The Balaban J connectivity index is 1.78. The second-order valence-corrected chi connectivity index (χ2v) is 7.24. The van der Waals surface area contributed by atoms with Gasteiger partial charge in [0.2, 0.25) is 0 Å². The van der Waals surface area contributed by atoms with Crippen LogP contribution in [0.5, 0.6) is 0 Å². The van der Waals surface area contributed by atoms with Gasteiger partial charge in [-0.25, -0.2) is 0 Å². The standard InChI is InChI=1S/C19H31ClN4/c1-4-21-19(23-15(2)3)22-13-16-9-11-24(12-10-16)14-17-7-5-6-8-18(17)20/h5-8,15-16H,4,9-14H2,1-3H3,(H2,21,22,23). The first-order valence-corrected chi connectivity index (χ1v) is 9.47. The van der Waals surface area contributed by atoms with Gasteiger partial charge in [-0.05, 0) is 64.3 Å². The molecular formula is C19H31ClN4. The van der Waals surface area contributed by atoms with Crippen LogP contribution in [-0.4, -0.2) is 43.1 Å². The van der Waals surface area contributed by atoms with E-state index in [4.69, 9.17) is 16.6 Å². The molecule has 0 spiro atoms. The zero-order chi connectivity index (χ0) is 17.4. The molecule has 4 nitrogen and oxygen atoms in total. The van der Waals surface area contributed by atoms with E-state index in [9.17, 15) is 0 Å². The maximum atomic E-state index is 6.27. The molecular weight excluding hydrogens is 320 g/mol. The molecule has 0 aromatic heterocycles. The van der Waals surface area contributed by atoms with Gasteiger partial charge in [0.15, 0.2) is 5.96 Å². The van der Waals surface area contributed by atoms with Gasteiger partial charge in [0.05, 0.1) is 0 Å². The van der Waals surface area contributed by atoms with Crippen molar-refractivity contribution in [1.29, 1.82) is 0 Å². The highest BCUT2D eigenvalue weighted by Gasteiger charge is 2.19. The molecule has 134 valence electrons. The molecule has 0 radical (unpaired) electrons. The Morgan fingerprint density at radius 2 is 2.00 bits per heavy atom. The molecule has 0 atom stereocenters. The van der Waals surface area contributed by atoms with E-state index in [1.54, 1.807) is 0 Å². The minimum absolute atomic E-state index is 0.403. The van der Waals surface area contributed by atoms with Crippen molar-refractivity contribution in [2.75, 3.05) is 26.2 Å². The van der Waals surface area contributed by atoms with Gasteiger partial charge in [-0.3, -0.25) is 9.89 Å². The van der Waals surface area contributed by atoms with Gasteiger partial charge in [0.25, 0.3) is 0 Å². The predicted octanol–water partition coefficient (Wildman–Crippen LogP) is 3.52. The van der Waals surface area contributed by atoms with Crippen molar-refractivity contribution >= 4 is 17.6 Å². The Kier molecular flexibility index (Phi) is 7.86. The fourth-order valence-corrected chi connectivity index (χ4v) is 3.20. The van der Waals surface area contributed by atoms with Crippen LogP contribution in [0.1, 0.15) is 39.2 Å². The third kappa shape index (κ3) is 6.33. The average molecular weight is 351 g/mol. The van der Waals surface area contributed by atoms with Crippen molar-refractivity contribution in [2.24, 2.45) is 10.9 Å². The molecule has 0 amide bonds. The number of benzene rings is 1. The number of rotatable bonds is 6. The predicted molar refractivity (Wildman–Crippen MR) is 104 cm³/mol. The minimum atomic E-state index is 0.403. The van der Waals surface area contributed by atoms with E-state index in [-0.39, 0.29) is 0 Å². The second kappa shape index (κ2) is 9.90. The lowest BCUT2D eigenvalue weighted by molar-refractivity contribution is 0.180. The minimum Gasteiger partial charge on any atom is -0.357 e. The number of aliphatic imine (C=N–C) groups is 1. The van der Waals surface area contributed by atoms with E-state index in [0.29, 0.717) is 12.0 Å². The summed E-state index contributed by atoms with van der Waals surface area (Å²) < 4.78 is 0. The molecule has 0 saturated carbocycles. The quantitative estimate of drug-likeness (QED) is 0.609.